The Bertz CT molecular complexity index is 1200. The van der Waals surface area contributed by atoms with Crippen LogP contribution in [0.5, 0.6) is 11.5 Å². The van der Waals surface area contributed by atoms with Crippen LogP contribution < -0.4 is 10.2 Å². The number of ether oxygens (including phenoxy) is 1. The van der Waals surface area contributed by atoms with Crippen molar-refractivity contribution in [1.82, 2.24) is 14.7 Å². The molecule has 0 aliphatic carbocycles. The molecular formula is C21H21ClN4O7S. The lowest BCUT2D eigenvalue weighted by Gasteiger charge is -2.28. The molecule has 2 aromatic rings. The first-order valence-corrected chi connectivity index (χ1v) is 11.8. The summed E-state index contributed by atoms with van der Waals surface area (Å²) in [4.78, 5) is 40.4. The number of rotatable bonds is 9. The van der Waals surface area contributed by atoms with Gasteiger partial charge in [-0.15, -0.1) is 0 Å². The number of sulfonamides is 1. The molecule has 180 valence electrons. The van der Waals surface area contributed by atoms with Gasteiger partial charge in [-0.3, -0.25) is 19.7 Å². The molecule has 0 saturated carbocycles. The molecule has 0 radical (unpaired) electrons. The van der Waals surface area contributed by atoms with Crippen LogP contribution in [0.4, 0.5) is 4.79 Å². The maximum atomic E-state index is 13.1. The van der Waals surface area contributed by atoms with Gasteiger partial charge in [-0.2, -0.15) is 9.30 Å². The topological polar surface area (TPSA) is 146 Å². The van der Waals surface area contributed by atoms with Gasteiger partial charge < -0.3 is 4.74 Å². The molecule has 0 spiro atoms. The standard InChI is InChI=1S/C21H21ClN4O7S/c1-25(17(20(28)24-30)11-12-26-19(27)13-18(22)23-21(26)29)34(31,32)16-9-7-15(8-10-16)33-14-5-3-2-4-6-14/h2-10,17,30H,11-13H2,1H3,(H,24,28). The van der Waals surface area contributed by atoms with Crippen molar-refractivity contribution in [3.63, 3.8) is 0 Å². The number of aliphatic imine (C=N–C) groups is 1. The van der Waals surface area contributed by atoms with Crippen LogP contribution in [0, 0.1) is 0 Å². The largest absolute Gasteiger partial charge is 0.457 e. The lowest BCUT2D eigenvalue weighted by Crippen LogP contribution is -2.49. The summed E-state index contributed by atoms with van der Waals surface area (Å²) in [5.41, 5.74) is 1.42. The van der Waals surface area contributed by atoms with E-state index in [2.05, 4.69) is 4.99 Å². The zero-order valence-corrected chi connectivity index (χ0v) is 19.5. The average molecular weight is 509 g/mol. The van der Waals surface area contributed by atoms with Gasteiger partial charge in [0.05, 0.1) is 11.3 Å². The zero-order valence-electron chi connectivity index (χ0n) is 17.9. The first kappa shape index (κ1) is 25.3. The summed E-state index contributed by atoms with van der Waals surface area (Å²) in [6, 6.07) is 12.1. The molecule has 2 N–H and O–H groups in total. The fraction of sp³-hybridized carbons (Fsp3) is 0.238. The zero-order chi connectivity index (χ0) is 24.9. The number of imide groups is 1. The number of para-hydroxylation sites is 1. The fourth-order valence-corrected chi connectivity index (χ4v) is 4.73. The average Bonchev–Trinajstić information content (AvgIpc) is 2.81. The number of hydroxylamine groups is 1. The van der Waals surface area contributed by atoms with Gasteiger partial charge in [0.25, 0.3) is 5.91 Å². The molecule has 0 saturated heterocycles. The third-order valence-electron chi connectivity index (χ3n) is 5.00. The van der Waals surface area contributed by atoms with Gasteiger partial charge >= 0.3 is 6.03 Å². The monoisotopic (exact) mass is 508 g/mol. The van der Waals surface area contributed by atoms with E-state index in [1.165, 1.54) is 29.7 Å². The highest BCUT2D eigenvalue weighted by molar-refractivity contribution is 7.89. The van der Waals surface area contributed by atoms with Gasteiger partial charge in [-0.05, 0) is 42.8 Å². The van der Waals surface area contributed by atoms with Gasteiger partial charge in [0.15, 0.2) is 0 Å². The predicted octanol–water partition coefficient (Wildman–Crippen LogP) is 2.35. The number of nitrogens with one attached hydrogen (secondary N) is 1. The molecule has 1 aliphatic rings. The summed E-state index contributed by atoms with van der Waals surface area (Å²) in [6.07, 6.45) is -0.572. The van der Waals surface area contributed by atoms with Gasteiger partial charge in [-0.25, -0.2) is 18.7 Å². The van der Waals surface area contributed by atoms with Gasteiger partial charge in [0.1, 0.15) is 22.7 Å². The summed E-state index contributed by atoms with van der Waals surface area (Å²) in [7, 11) is -3.05. The minimum Gasteiger partial charge on any atom is -0.457 e. The molecule has 2 aromatic carbocycles. The highest BCUT2D eigenvalue weighted by Crippen LogP contribution is 2.25. The van der Waals surface area contributed by atoms with Gasteiger partial charge in [0, 0.05) is 13.6 Å². The number of carbonyl (C=O) groups excluding carboxylic acids is 3. The van der Waals surface area contributed by atoms with E-state index >= 15 is 0 Å². The highest BCUT2D eigenvalue weighted by atomic mass is 35.5. The summed E-state index contributed by atoms with van der Waals surface area (Å²) in [6.45, 7) is -0.312. The van der Waals surface area contributed by atoms with Crippen molar-refractivity contribution in [3.05, 3.63) is 54.6 Å². The molecule has 0 aromatic heterocycles. The molecule has 1 aliphatic heterocycles. The molecular weight excluding hydrogens is 488 g/mol. The number of nitrogens with zero attached hydrogens (tertiary/aromatic N) is 3. The van der Waals surface area contributed by atoms with E-state index in [9.17, 15) is 22.8 Å². The van der Waals surface area contributed by atoms with Crippen molar-refractivity contribution in [3.8, 4) is 11.5 Å². The summed E-state index contributed by atoms with van der Waals surface area (Å²) < 4.78 is 32.6. The Hall–Kier alpha value is -3.32. The molecule has 11 nitrogen and oxygen atoms in total. The fourth-order valence-electron chi connectivity index (χ4n) is 3.19. The number of benzene rings is 2. The Kier molecular flexibility index (Phi) is 7.99. The summed E-state index contributed by atoms with van der Waals surface area (Å²) in [5, 5.41) is 8.96. The number of likely N-dealkylation sites (N-methyl/N-ethyl adjacent to an activating group) is 1. The van der Waals surface area contributed by atoms with E-state index < -0.39 is 33.9 Å². The quantitative estimate of drug-likeness (QED) is 0.390. The van der Waals surface area contributed by atoms with Gasteiger partial charge in [-0.1, -0.05) is 29.8 Å². The molecule has 0 fully saturated rings. The van der Waals surface area contributed by atoms with Crippen molar-refractivity contribution in [2.24, 2.45) is 4.99 Å². The van der Waals surface area contributed by atoms with Crippen LogP contribution in [-0.2, 0) is 19.6 Å². The van der Waals surface area contributed by atoms with E-state index in [1.54, 1.807) is 24.3 Å². The third kappa shape index (κ3) is 5.78. The second-order valence-electron chi connectivity index (χ2n) is 7.18. The molecule has 34 heavy (non-hydrogen) atoms. The number of hydrogen-bond donors (Lipinski definition) is 2. The number of carbonyl (C=O) groups is 3. The summed E-state index contributed by atoms with van der Waals surface area (Å²) >= 11 is 5.63. The second kappa shape index (κ2) is 10.7. The lowest BCUT2D eigenvalue weighted by molar-refractivity contribution is -0.134. The van der Waals surface area contributed by atoms with Crippen LogP contribution >= 0.6 is 11.6 Å². The third-order valence-corrected chi connectivity index (χ3v) is 7.10. The molecule has 13 heteroatoms. The molecule has 1 unspecified atom stereocenters. The van der Waals surface area contributed by atoms with E-state index in [-0.39, 0.29) is 29.5 Å². The second-order valence-corrected chi connectivity index (χ2v) is 9.61. The first-order valence-electron chi connectivity index (χ1n) is 9.96. The maximum absolute atomic E-state index is 13.1. The normalized spacial score (nSPS) is 15.2. The van der Waals surface area contributed by atoms with Crippen molar-refractivity contribution >= 4 is 44.6 Å². The van der Waals surface area contributed by atoms with Gasteiger partial charge in [0.2, 0.25) is 15.9 Å². The molecule has 0 bridgehead atoms. The summed E-state index contributed by atoms with van der Waals surface area (Å²) in [5.74, 6) is -0.692. The number of halogens is 1. The molecule has 1 atom stereocenters. The first-order chi connectivity index (χ1) is 16.1. The Morgan fingerprint density at radius 3 is 2.38 bits per heavy atom. The van der Waals surface area contributed by atoms with E-state index in [4.69, 9.17) is 21.5 Å². The van der Waals surface area contributed by atoms with Crippen LogP contribution in [0.2, 0.25) is 0 Å². The van der Waals surface area contributed by atoms with Crippen LogP contribution in [0.1, 0.15) is 12.8 Å². The van der Waals surface area contributed by atoms with Crippen molar-refractivity contribution < 1.29 is 32.7 Å². The van der Waals surface area contributed by atoms with Crippen LogP contribution in [0.15, 0.2) is 64.5 Å². The van der Waals surface area contributed by atoms with E-state index in [0.29, 0.717) is 11.5 Å². The maximum Gasteiger partial charge on any atom is 0.351 e. The molecule has 1 heterocycles. The Morgan fingerprint density at radius 1 is 1.18 bits per heavy atom. The van der Waals surface area contributed by atoms with Crippen LogP contribution in [-0.4, -0.2) is 65.5 Å². The predicted molar refractivity (Wildman–Crippen MR) is 121 cm³/mol. The minimum atomic E-state index is -4.20. The molecule has 3 rings (SSSR count). The Balaban J connectivity index is 1.76. The van der Waals surface area contributed by atoms with E-state index in [1.807, 2.05) is 6.07 Å². The lowest BCUT2D eigenvalue weighted by atomic mass is 10.2. The number of amides is 4. The number of hydrogen-bond acceptors (Lipinski definition) is 7. The number of urea groups is 1. The van der Waals surface area contributed by atoms with Crippen molar-refractivity contribution in [1.29, 1.82) is 0 Å². The smallest absolute Gasteiger partial charge is 0.351 e. The van der Waals surface area contributed by atoms with Crippen molar-refractivity contribution in [2.75, 3.05) is 13.6 Å². The Labute approximate surface area is 200 Å². The Morgan fingerprint density at radius 2 is 1.79 bits per heavy atom. The molecule has 4 amide bonds. The van der Waals surface area contributed by atoms with Crippen LogP contribution in [0.25, 0.3) is 0 Å². The van der Waals surface area contributed by atoms with E-state index in [0.717, 1.165) is 16.3 Å². The highest BCUT2D eigenvalue weighted by Gasteiger charge is 2.35. The van der Waals surface area contributed by atoms with Crippen molar-refractivity contribution in [2.45, 2.75) is 23.8 Å². The SMILES string of the molecule is CN(C(CCN1C(=O)CC(Cl)=NC1=O)C(=O)NO)S(=O)(=O)c1ccc(Oc2ccccc2)cc1. The van der Waals surface area contributed by atoms with Crippen LogP contribution in [0.3, 0.4) is 0 Å². The minimum absolute atomic E-state index is 0.132.